The Morgan fingerprint density at radius 3 is 2.08 bits per heavy atom. The van der Waals surface area contributed by atoms with Crippen LogP contribution >= 0.6 is 0 Å². The molecule has 0 aromatic heterocycles. The molecule has 3 fully saturated rings. The first-order valence-electron chi connectivity index (χ1n) is 9.13. The van der Waals surface area contributed by atoms with E-state index in [-0.39, 0.29) is 17.1 Å². The van der Waals surface area contributed by atoms with Crippen LogP contribution in [0.25, 0.3) is 0 Å². The van der Waals surface area contributed by atoms with Gasteiger partial charge in [0.1, 0.15) is 5.25 Å². The van der Waals surface area contributed by atoms with Crippen molar-refractivity contribution in [3.63, 3.8) is 0 Å². The number of carbonyl (C=O) groups excluding carboxylic acids is 1. The molecule has 3 saturated carbocycles. The van der Waals surface area contributed by atoms with Gasteiger partial charge in [0.15, 0.2) is 5.78 Å². The first-order valence-corrected chi connectivity index (χ1v) is 10.6. The van der Waals surface area contributed by atoms with Crippen molar-refractivity contribution in [3.8, 4) is 0 Å². The minimum absolute atomic E-state index is 0.231. The molecule has 0 saturated heterocycles. The van der Waals surface area contributed by atoms with Crippen LogP contribution in [0.2, 0.25) is 0 Å². The maximum absolute atomic E-state index is 12.0. The molecule has 0 amide bonds. The molecule has 144 valence electrons. The molecule has 2 bridgehead atoms. The quantitative estimate of drug-likeness (QED) is 0.731. The van der Waals surface area contributed by atoms with Crippen molar-refractivity contribution in [2.45, 2.75) is 77.4 Å². The Bertz CT molecular complexity index is 632. The topological polar surface area (TPSA) is 109 Å². The summed E-state index contributed by atoms with van der Waals surface area (Å²) in [6, 6.07) is 0. The Labute approximate surface area is 150 Å². The molecule has 7 heteroatoms. The monoisotopic (exact) mass is 374 g/mol. The highest BCUT2D eigenvalue weighted by Gasteiger charge is 2.69. The van der Waals surface area contributed by atoms with Crippen molar-refractivity contribution in [1.82, 2.24) is 0 Å². The van der Waals surface area contributed by atoms with Crippen molar-refractivity contribution in [3.05, 3.63) is 0 Å². The van der Waals surface area contributed by atoms with Gasteiger partial charge in [0, 0.05) is 11.8 Å². The van der Waals surface area contributed by atoms with Crippen molar-refractivity contribution >= 4 is 21.9 Å². The molecule has 0 spiro atoms. The van der Waals surface area contributed by atoms with Crippen LogP contribution in [0, 0.1) is 22.7 Å². The predicted molar refractivity (Wildman–Crippen MR) is 93.8 cm³/mol. The van der Waals surface area contributed by atoms with Crippen LogP contribution in [0.3, 0.4) is 0 Å². The molecule has 2 N–H and O–H groups in total. The zero-order chi connectivity index (χ0) is 19.0. The van der Waals surface area contributed by atoms with Crippen LogP contribution in [0.5, 0.6) is 0 Å². The Morgan fingerprint density at radius 1 is 1.16 bits per heavy atom. The zero-order valence-corrected chi connectivity index (χ0v) is 16.1. The summed E-state index contributed by atoms with van der Waals surface area (Å²) >= 11 is 0. The molecular formula is C18H30O6S. The third-order valence-corrected chi connectivity index (χ3v) is 8.22. The molecule has 3 unspecified atom stereocenters. The fourth-order valence-corrected chi connectivity index (χ4v) is 6.40. The van der Waals surface area contributed by atoms with Crippen LogP contribution in [0.1, 0.15) is 72.1 Å². The minimum Gasteiger partial charge on any atom is -0.481 e. The van der Waals surface area contributed by atoms with Gasteiger partial charge in [-0.05, 0) is 36.5 Å². The Morgan fingerprint density at radius 2 is 1.72 bits per heavy atom. The molecule has 0 aromatic carbocycles. The number of hydrogen-bond acceptors (Lipinski definition) is 4. The number of carboxylic acid groups (broad SMARTS) is 1. The molecule has 3 aliphatic carbocycles. The van der Waals surface area contributed by atoms with E-state index in [9.17, 15) is 18.0 Å². The summed E-state index contributed by atoms with van der Waals surface area (Å²) in [5.74, 6) is -0.459. The SMILES string of the molecule is CC12CCC(C(S(=O)(=O)O)C1=O)C2(C)C.O=C(O)CCC1CCCC1. The van der Waals surface area contributed by atoms with E-state index in [1.165, 1.54) is 25.7 Å². The smallest absolute Gasteiger partial charge is 0.303 e. The van der Waals surface area contributed by atoms with Crippen LogP contribution in [-0.2, 0) is 19.7 Å². The first-order chi connectivity index (χ1) is 11.4. The van der Waals surface area contributed by atoms with Gasteiger partial charge in [0.2, 0.25) is 0 Å². The van der Waals surface area contributed by atoms with Gasteiger partial charge in [-0.15, -0.1) is 0 Å². The van der Waals surface area contributed by atoms with Crippen molar-refractivity contribution in [2.24, 2.45) is 22.7 Å². The van der Waals surface area contributed by atoms with E-state index in [1.54, 1.807) is 0 Å². The van der Waals surface area contributed by atoms with Gasteiger partial charge in [-0.3, -0.25) is 14.1 Å². The van der Waals surface area contributed by atoms with E-state index in [0.717, 1.165) is 18.8 Å². The van der Waals surface area contributed by atoms with Gasteiger partial charge < -0.3 is 5.11 Å². The van der Waals surface area contributed by atoms with E-state index >= 15 is 0 Å². The van der Waals surface area contributed by atoms with Gasteiger partial charge in [0.05, 0.1) is 0 Å². The molecule has 6 nitrogen and oxygen atoms in total. The van der Waals surface area contributed by atoms with Gasteiger partial charge in [-0.1, -0.05) is 46.5 Å². The number of Topliss-reactive ketones (excluding diaryl/α,β-unsaturated/α-hetero) is 1. The van der Waals surface area contributed by atoms with E-state index < -0.39 is 26.8 Å². The van der Waals surface area contributed by atoms with Crippen molar-refractivity contribution in [1.29, 1.82) is 0 Å². The molecule has 0 radical (unpaired) electrons. The predicted octanol–water partition coefficient (Wildman–Crippen LogP) is 3.31. The third kappa shape index (κ3) is 3.77. The van der Waals surface area contributed by atoms with Gasteiger partial charge in [0.25, 0.3) is 10.1 Å². The van der Waals surface area contributed by atoms with Gasteiger partial charge >= 0.3 is 5.97 Å². The summed E-state index contributed by atoms with van der Waals surface area (Å²) in [6.07, 6.45) is 7.84. The summed E-state index contributed by atoms with van der Waals surface area (Å²) in [4.78, 5) is 22.2. The average Bonchev–Trinajstić information content (AvgIpc) is 3.10. The fourth-order valence-electron chi connectivity index (χ4n) is 4.97. The first kappa shape index (κ1) is 20.4. The molecule has 3 aliphatic rings. The Kier molecular flexibility index (Phi) is 5.69. The van der Waals surface area contributed by atoms with E-state index in [0.29, 0.717) is 12.8 Å². The van der Waals surface area contributed by atoms with Crippen LogP contribution in [-0.4, -0.2) is 35.1 Å². The largest absolute Gasteiger partial charge is 0.481 e. The molecule has 25 heavy (non-hydrogen) atoms. The second-order valence-corrected chi connectivity index (χ2v) is 10.1. The summed E-state index contributed by atoms with van der Waals surface area (Å²) in [5.41, 5.74) is -0.914. The normalized spacial score (nSPS) is 34.0. The van der Waals surface area contributed by atoms with Gasteiger partial charge in [-0.25, -0.2) is 0 Å². The minimum atomic E-state index is -4.24. The van der Waals surface area contributed by atoms with E-state index in [1.807, 2.05) is 20.8 Å². The van der Waals surface area contributed by atoms with Crippen molar-refractivity contribution < 1.29 is 27.7 Å². The zero-order valence-electron chi connectivity index (χ0n) is 15.3. The molecule has 0 aromatic rings. The summed E-state index contributed by atoms with van der Waals surface area (Å²) in [5, 5.41) is 7.19. The Balaban J connectivity index is 0.000000196. The number of ketones is 1. The average molecular weight is 374 g/mol. The fraction of sp³-hybridized carbons (Fsp3) is 0.889. The number of rotatable bonds is 4. The maximum atomic E-state index is 12.0. The highest BCUT2D eigenvalue weighted by atomic mass is 32.2. The number of carbonyl (C=O) groups is 2. The number of hydrogen-bond donors (Lipinski definition) is 2. The summed E-state index contributed by atoms with van der Waals surface area (Å²) < 4.78 is 31.5. The Hall–Kier alpha value is -0.950. The molecule has 0 aliphatic heterocycles. The van der Waals surface area contributed by atoms with Crippen LogP contribution < -0.4 is 0 Å². The molecule has 3 atom stereocenters. The van der Waals surface area contributed by atoms with Crippen molar-refractivity contribution in [2.75, 3.05) is 0 Å². The van der Waals surface area contributed by atoms with Crippen LogP contribution in [0.15, 0.2) is 0 Å². The number of fused-ring (bicyclic) bond motifs is 2. The molecular weight excluding hydrogens is 344 g/mol. The van der Waals surface area contributed by atoms with E-state index in [2.05, 4.69) is 0 Å². The highest BCUT2D eigenvalue weighted by Crippen LogP contribution is 2.64. The summed E-state index contributed by atoms with van der Waals surface area (Å²) in [7, 11) is -4.24. The number of carboxylic acids is 1. The number of aliphatic carboxylic acids is 1. The lowest BCUT2D eigenvalue weighted by Gasteiger charge is -2.32. The second kappa shape index (κ2) is 6.99. The lowest BCUT2D eigenvalue weighted by molar-refractivity contribution is -0.137. The van der Waals surface area contributed by atoms with E-state index in [4.69, 9.17) is 9.66 Å². The standard InChI is InChI=1S/C10H16O4S.C8H14O2/c1-9(2)6-4-5-10(9,3)8(11)7(6)15(12,13)14;9-8(10)6-5-7-3-1-2-4-7/h6-7H,4-5H2,1-3H3,(H,12,13,14);7H,1-6H2,(H,9,10). The second-order valence-electron chi connectivity index (χ2n) is 8.58. The molecule has 0 heterocycles. The maximum Gasteiger partial charge on any atom is 0.303 e. The lowest BCUT2D eigenvalue weighted by atomic mass is 9.70. The lowest BCUT2D eigenvalue weighted by Crippen LogP contribution is -2.38. The third-order valence-electron chi connectivity index (χ3n) is 7.03. The van der Waals surface area contributed by atoms with Crippen LogP contribution in [0.4, 0.5) is 0 Å². The highest BCUT2D eigenvalue weighted by molar-refractivity contribution is 7.87. The summed E-state index contributed by atoms with van der Waals surface area (Å²) in [6.45, 7) is 5.67. The van der Waals surface area contributed by atoms with Gasteiger partial charge in [-0.2, -0.15) is 8.42 Å². The molecule has 3 rings (SSSR count).